The first-order valence-electron chi connectivity index (χ1n) is 6.07. The van der Waals surface area contributed by atoms with E-state index in [1.54, 1.807) is 23.1 Å². The number of rotatable bonds is 8. The zero-order valence-corrected chi connectivity index (χ0v) is 12.8. The Morgan fingerprint density at radius 3 is 2.76 bits per heavy atom. The van der Waals surface area contributed by atoms with Gasteiger partial charge in [0.25, 0.3) is 0 Å². The van der Waals surface area contributed by atoms with Gasteiger partial charge in [0.2, 0.25) is 0 Å². The van der Waals surface area contributed by atoms with E-state index in [0.29, 0.717) is 6.04 Å². The Labute approximate surface area is 116 Å². The summed E-state index contributed by atoms with van der Waals surface area (Å²) < 4.78 is 2.18. The Morgan fingerprint density at radius 1 is 1.41 bits per heavy atom. The van der Waals surface area contributed by atoms with Crippen molar-refractivity contribution in [1.82, 2.24) is 15.5 Å². The van der Waals surface area contributed by atoms with Crippen LogP contribution in [0.5, 0.6) is 0 Å². The average Bonchev–Trinajstić information content (AvgIpc) is 3.08. The summed E-state index contributed by atoms with van der Waals surface area (Å²) in [4.78, 5) is 0. The van der Waals surface area contributed by atoms with Crippen molar-refractivity contribution in [2.24, 2.45) is 5.92 Å². The van der Waals surface area contributed by atoms with E-state index in [1.807, 2.05) is 18.0 Å². The second-order valence-electron chi connectivity index (χ2n) is 4.25. The van der Waals surface area contributed by atoms with Gasteiger partial charge in [-0.3, -0.25) is 0 Å². The third kappa shape index (κ3) is 4.43. The summed E-state index contributed by atoms with van der Waals surface area (Å²) >= 11 is 5.23. The molecule has 1 saturated carbocycles. The maximum atomic E-state index is 4.20. The number of nitrogens with zero attached hydrogens (tertiary/aromatic N) is 2. The predicted octanol–water partition coefficient (Wildman–Crippen LogP) is 3.13. The molecule has 1 aliphatic carbocycles. The van der Waals surface area contributed by atoms with Gasteiger partial charge in [0.05, 0.1) is 0 Å². The van der Waals surface area contributed by atoms with Gasteiger partial charge < -0.3 is 5.32 Å². The van der Waals surface area contributed by atoms with E-state index >= 15 is 0 Å². The van der Waals surface area contributed by atoms with E-state index in [4.69, 9.17) is 0 Å². The third-order valence-corrected chi connectivity index (χ3v) is 5.95. The standard InChI is InChI=1S/C11H19N3S3/c1-3-6-12-9(8-4-5-8)7-16-11-14-13-10(15-2)17-11/h8-9,12H,3-7H2,1-2H3. The lowest BCUT2D eigenvalue weighted by molar-refractivity contribution is 0.503. The summed E-state index contributed by atoms with van der Waals surface area (Å²) in [6.07, 6.45) is 6.05. The molecule has 0 aromatic carbocycles. The van der Waals surface area contributed by atoms with Crippen molar-refractivity contribution >= 4 is 34.9 Å². The highest BCUT2D eigenvalue weighted by Crippen LogP contribution is 2.36. The molecule has 1 N–H and O–H groups in total. The first-order chi connectivity index (χ1) is 8.33. The van der Waals surface area contributed by atoms with Crippen LogP contribution in [0.3, 0.4) is 0 Å². The van der Waals surface area contributed by atoms with E-state index in [9.17, 15) is 0 Å². The Hall–Kier alpha value is 0.220. The van der Waals surface area contributed by atoms with Crippen molar-refractivity contribution in [1.29, 1.82) is 0 Å². The smallest absolute Gasteiger partial charge is 0.175 e. The molecule has 0 bridgehead atoms. The summed E-state index contributed by atoms with van der Waals surface area (Å²) in [5.74, 6) is 2.04. The van der Waals surface area contributed by atoms with Crippen LogP contribution in [0, 0.1) is 5.92 Å². The molecule has 1 aromatic heterocycles. The Morgan fingerprint density at radius 2 is 2.18 bits per heavy atom. The summed E-state index contributed by atoms with van der Waals surface area (Å²) in [6, 6.07) is 0.668. The fraction of sp³-hybridized carbons (Fsp3) is 0.818. The molecule has 17 heavy (non-hydrogen) atoms. The van der Waals surface area contributed by atoms with Gasteiger partial charge in [-0.1, -0.05) is 41.8 Å². The van der Waals surface area contributed by atoms with Gasteiger partial charge >= 0.3 is 0 Å². The van der Waals surface area contributed by atoms with Crippen LogP contribution in [0.25, 0.3) is 0 Å². The maximum absolute atomic E-state index is 4.20. The van der Waals surface area contributed by atoms with Crippen LogP contribution in [-0.2, 0) is 0 Å². The molecule has 1 aromatic rings. The lowest BCUT2D eigenvalue weighted by Crippen LogP contribution is -2.33. The van der Waals surface area contributed by atoms with Gasteiger partial charge in [-0.15, -0.1) is 10.2 Å². The van der Waals surface area contributed by atoms with Crippen LogP contribution < -0.4 is 5.32 Å². The first-order valence-corrected chi connectivity index (χ1v) is 9.09. The quantitative estimate of drug-likeness (QED) is 0.744. The minimum Gasteiger partial charge on any atom is -0.313 e. The minimum atomic E-state index is 0.668. The van der Waals surface area contributed by atoms with E-state index in [2.05, 4.69) is 22.4 Å². The van der Waals surface area contributed by atoms with Crippen molar-refractivity contribution in [2.75, 3.05) is 18.6 Å². The molecule has 0 spiro atoms. The summed E-state index contributed by atoms with van der Waals surface area (Å²) in [7, 11) is 0. The van der Waals surface area contributed by atoms with Gasteiger partial charge in [-0.25, -0.2) is 0 Å². The van der Waals surface area contributed by atoms with Crippen molar-refractivity contribution in [3.8, 4) is 0 Å². The average molecular weight is 289 g/mol. The predicted molar refractivity (Wildman–Crippen MR) is 77.2 cm³/mol. The lowest BCUT2D eigenvalue weighted by Gasteiger charge is -2.16. The zero-order valence-electron chi connectivity index (χ0n) is 10.3. The number of hydrogen-bond donors (Lipinski definition) is 1. The molecule has 96 valence electrons. The molecule has 1 atom stereocenters. The molecule has 0 aliphatic heterocycles. The molecular formula is C11H19N3S3. The highest BCUT2D eigenvalue weighted by Gasteiger charge is 2.30. The Kier molecular flexibility index (Phi) is 5.59. The maximum Gasteiger partial charge on any atom is 0.175 e. The van der Waals surface area contributed by atoms with Gasteiger partial charge in [-0.05, 0) is 38.0 Å². The lowest BCUT2D eigenvalue weighted by atomic mass is 10.2. The number of aromatic nitrogens is 2. The van der Waals surface area contributed by atoms with Crippen LogP contribution >= 0.6 is 34.9 Å². The van der Waals surface area contributed by atoms with Crippen molar-refractivity contribution in [3.05, 3.63) is 0 Å². The fourth-order valence-electron chi connectivity index (χ4n) is 1.69. The topological polar surface area (TPSA) is 37.8 Å². The largest absolute Gasteiger partial charge is 0.313 e. The van der Waals surface area contributed by atoms with Crippen molar-refractivity contribution in [2.45, 2.75) is 40.9 Å². The summed E-state index contributed by atoms with van der Waals surface area (Å²) in [5.41, 5.74) is 0. The normalized spacial score (nSPS) is 17.3. The molecule has 6 heteroatoms. The van der Waals surface area contributed by atoms with Crippen LogP contribution in [0.15, 0.2) is 8.68 Å². The second kappa shape index (κ2) is 6.97. The van der Waals surface area contributed by atoms with Crippen molar-refractivity contribution in [3.63, 3.8) is 0 Å². The number of nitrogens with one attached hydrogen (secondary N) is 1. The van der Waals surface area contributed by atoms with E-state index in [1.165, 1.54) is 19.3 Å². The molecular weight excluding hydrogens is 270 g/mol. The molecule has 0 amide bonds. The van der Waals surface area contributed by atoms with Gasteiger partial charge in [0.15, 0.2) is 8.68 Å². The van der Waals surface area contributed by atoms with Crippen LogP contribution in [0.2, 0.25) is 0 Å². The molecule has 1 aliphatic rings. The third-order valence-electron chi connectivity index (χ3n) is 2.80. The fourth-order valence-corrected chi connectivity index (χ4v) is 4.34. The number of thioether (sulfide) groups is 2. The molecule has 1 fully saturated rings. The van der Waals surface area contributed by atoms with E-state index in [0.717, 1.165) is 26.9 Å². The highest BCUT2D eigenvalue weighted by atomic mass is 32.2. The minimum absolute atomic E-state index is 0.668. The monoisotopic (exact) mass is 289 g/mol. The van der Waals surface area contributed by atoms with Crippen LogP contribution in [0.4, 0.5) is 0 Å². The van der Waals surface area contributed by atoms with E-state index < -0.39 is 0 Å². The summed E-state index contributed by atoms with van der Waals surface area (Å²) in [6.45, 7) is 3.35. The van der Waals surface area contributed by atoms with E-state index in [-0.39, 0.29) is 0 Å². The molecule has 3 nitrogen and oxygen atoms in total. The molecule has 2 rings (SSSR count). The van der Waals surface area contributed by atoms with Crippen molar-refractivity contribution < 1.29 is 0 Å². The Bertz CT molecular complexity index is 338. The zero-order chi connectivity index (χ0) is 12.1. The second-order valence-corrected chi connectivity index (χ2v) is 7.55. The first kappa shape index (κ1) is 13.6. The molecule has 1 heterocycles. The Balaban J connectivity index is 1.77. The van der Waals surface area contributed by atoms with Gasteiger partial charge in [0.1, 0.15) is 0 Å². The highest BCUT2D eigenvalue weighted by molar-refractivity contribution is 8.03. The van der Waals surface area contributed by atoms with Crippen LogP contribution in [0.1, 0.15) is 26.2 Å². The summed E-state index contributed by atoms with van der Waals surface area (Å²) in [5, 5.41) is 12.0. The van der Waals surface area contributed by atoms with Crippen LogP contribution in [-0.4, -0.2) is 34.8 Å². The molecule has 1 unspecified atom stereocenters. The van der Waals surface area contributed by atoms with Gasteiger partial charge in [-0.2, -0.15) is 0 Å². The molecule has 0 radical (unpaired) electrons. The SMILES string of the molecule is CCCNC(CSc1nnc(SC)s1)C1CC1. The molecule has 0 saturated heterocycles. The van der Waals surface area contributed by atoms with Gasteiger partial charge in [0, 0.05) is 11.8 Å². The number of hydrogen-bond acceptors (Lipinski definition) is 6.